The van der Waals surface area contributed by atoms with Crippen LogP contribution in [-0.2, 0) is 4.74 Å². The van der Waals surface area contributed by atoms with Gasteiger partial charge in [-0.3, -0.25) is 0 Å². The van der Waals surface area contributed by atoms with Crippen molar-refractivity contribution < 1.29 is 4.74 Å². The molecule has 1 N–H and O–H groups in total. The van der Waals surface area contributed by atoms with Crippen molar-refractivity contribution in [3.63, 3.8) is 0 Å². The maximum absolute atomic E-state index is 5.43. The van der Waals surface area contributed by atoms with Crippen LogP contribution in [0.3, 0.4) is 0 Å². The molecular formula is C23H24N2O. The van der Waals surface area contributed by atoms with Crippen LogP contribution in [0.2, 0.25) is 0 Å². The number of benzene rings is 3. The van der Waals surface area contributed by atoms with Gasteiger partial charge in [0.1, 0.15) is 0 Å². The number of anilines is 3. The first-order chi connectivity index (χ1) is 12.8. The van der Waals surface area contributed by atoms with Crippen molar-refractivity contribution in [2.75, 3.05) is 36.5 Å². The largest absolute Gasteiger partial charge is 0.378 e. The summed E-state index contributed by atoms with van der Waals surface area (Å²) in [6, 6.07) is 25.7. The maximum atomic E-state index is 5.43. The lowest BCUT2D eigenvalue weighted by Crippen LogP contribution is -2.36. The highest BCUT2D eigenvalue weighted by atomic mass is 16.5. The molecule has 0 saturated carbocycles. The van der Waals surface area contributed by atoms with Gasteiger partial charge in [0.15, 0.2) is 0 Å². The van der Waals surface area contributed by atoms with E-state index in [0.717, 1.165) is 37.7 Å². The van der Waals surface area contributed by atoms with Crippen LogP contribution < -0.4 is 10.2 Å². The molecule has 132 valence electrons. The Morgan fingerprint density at radius 2 is 1.54 bits per heavy atom. The second kappa shape index (κ2) is 7.63. The topological polar surface area (TPSA) is 24.5 Å². The van der Waals surface area contributed by atoms with Crippen molar-refractivity contribution in [1.29, 1.82) is 0 Å². The number of aryl methyl sites for hydroxylation is 1. The van der Waals surface area contributed by atoms with Gasteiger partial charge in [-0.05, 0) is 53.9 Å². The van der Waals surface area contributed by atoms with Gasteiger partial charge in [0, 0.05) is 30.2 Å². The van der Waals surface area contributed by atoms with Gasteiger partial charge >= 0.3 is 0 Å². The second-order valence-electron chi connectivity index (χ2n) is 6.67. The molecule has 1 aliphatic heterocycles. The van der Waals surface area contributed by atoms with E-state index in [9.17, 15) is 0 Å². The van der Waals surface area contributed by atoms with E-state index in [2.05, 4.69) is 83.9 Å². The molecule has 3 aromatic rings. The highest BCUT2D eigenvalue weighted by molar-refractivity contribution is 5.73. The number of hydrogen-bond donors (Lipinski definition) is 1. The number of rotatable bonds is 4. The molecule has 0 atom stereocenters. The first-order valence-electron chi connectivity index (χ1n) is 9.15. The van der Waals surface area contributed by atoms with Gasteiger partial charge in [0.25, 0.3) is 0 Å². The Bertz CT molecular complexity index is 853. The van der Waals surface area contributed by atoms with Crippen LogP contribution in [-0.4, -0.2) is 26.3 Å². The van der Waals surface area contributed by atoms with Crippen molar-refractivity contribution in [2.24, 2.45) is 0 Å². The molecule has 0 aliphatic carbocycles. The predicted molar refractivity (Wildman–Crippen MR) is 109 cm³/mol. The first-order valence-corrected chi connectivity index (χ1v) is 9.15. The molecule has 0 spiro atoms. The number of morpholine rings is 1. The van der Waals surface area contributed by atoms with E-state index in [1.165, 1.54) is 22.4 Å². The SMILES string of the molecule is Cc1ccc(-c2ccccc2)cc1Nc1ccc(N2CCOCC2)cc1. The lowest BCUT2D eigenvalue weighted by atomic mass is 10.0. The smallest absolute Gasteiger partial charge is 0.0642 e. The molecule has 1 aliphatic rings. The molecule has 4 rings (SSSR count). The Morgan fingerprint density at radius 3 is 2.27 bits per heavy atom. The van der Waals surface area contributed by atoms with E-state index in [1.807, 2.05) is 6.07 Å². The molecule has 3 aromatic carbocycles. The Balaban J connectivity index is 1.53. The van der Waals surface area contributed by atoms with Crippen molar-refractivity contribution in [2.45, 2.75) is 6.92 Å². The molecule has 0 unspecified atom stereocenters. The van der Waals surface area contributed by atoms with Gasteiger partial charge in [0.2, 0.25) is 0 Å². The van der Waals surface area contributed by atoms with E-state index in [4.69, 9.17) is 4.74 Å². The fraction of sp³-hybridized carbons (Fsp3) is 0.217. The summed E-state index contributed by atoms with van der Waals surface area (Å²) < 4.78 is 5.43. The summed E-state index contributed by atoms with van der Waals surface area (Å²) >= 11 is 0. The van der Waals surface area contributed by atoms with Gasteiger partial charge in [-0.2, -0.15) is 0 Å². The van der Waals surface area contributed by atoms with Crippen LogP contribution in [0.25, 0.3) is 11.1 Å². The van der Waals surface area contributed by atoms with Gasteiger partial charge in [-0.25, -0.2) is 0 Å². The zero-order valence-corrected chi connectivity index (χ0v) is 15.1. The molecule has 0 bridgehead atoms. The van der Waals surface area contributed by atoms with Crippen LogP contribution in [0, 0.1) is 6.92 Å². The molecule has 1 heterocycles. The zero-order chi connectivity index (χ0) is 17.8. The zero-order valence-electron chi connectivity index (χ0n) is 15.1. The molecule has 0 aromatic heterocycles. The summed E-state index contributed by atoms with van der Waals surface area (Å²) in [7, 11) is 0. The van der Waals surface area contributed by atoms with E-state index >= 15 is 0 Å². The monoisotopic (exact) mass is 344 g/mol. The Hall–Kier alpha value is -2.78. The average Bonchev–Trinajstić information content (AvgIpc) is 2.71. The van der Waals surface area contributed by atoms with Crippen LogP contribution in [0.4, 0.5) is 17.1 Å². The summed E-state index contributed by atoms with van der Waals surface area (Å²) in [5.41, 5.74) is 7.21. The van der Waals surface area contributed by atoms with Crippen molar-refractivity contribution in [3.8, 4) is 11.1 Å². The number of ether oxygens (including phenoxy) is 1. The summed E-state index contributed by atoms with van der Waals surface area (Å²) in [6.45, 7) is 5.69. The minimum Gasteiger partial charge on any atom is -0.378 e. The second-order valence-corrected chi connectivity index (χ2v) is 6.67. The molecule has 1 fully saturated rings. The molecule has 3 heteroatoms. The Labute approximate surface area is 155 Å². The third kappa shape index (κ3) is 3.73. The number of nitrogens with one attached hydrogen (secondary N) is 1. The summed E-state index contributed by atoms with van der Waals surface area (Å²) in [5.74, 6) is 0. The first kappa shape index (κ1) is 16.7. The van der Waals surface area contributed by atoms with E-state index in [1.54, 1.807) is 0 Å². The van der Waals surface area contributed by atoms with E-state index < -0.39 is 0 Å². The summed E-state index contributed by atoms with van der Waals surface area (Å²) in [5, 5.41) is 3.57. The predicted octanol–water partition coefficient (Wildman–Crippen LogP) is 5.24. The Morgan fingerprint density at radius 1 is 0.808 bits per heavy atom. The summed E-state index contributed by atoms with van der Waals surface area (Å²) in [4.78, 5) is 2.37. The molecule has 26 heavy (non-hydrogen) atoms. The lowest BCUT2D eigenvalue weighted by Gasteiger charge is -2.29. The number of nitrogens with zero attached hydrogens (tertiary/aromatic N) is 1. The normalized spacial score (nSPS) is 14.3. The Kier molecular flexibility index (Phi) is 4.89. The van der Waals surface area contributed by atoms with Crippen LogP contribution in [0.1, 0.15) is 5.56 Å². The maximum Gasteiger partial charge on any atom is 0.0642 e. The standard InChI is InChI=1S/C23H24N2O/c1-18-7-8-20(19-5-3-2-4-6-19)17-23(18)24-21-9-11-22(12-10-21)25-13-15-26-16-14-25/h2-12,17,24H,13-16H2,1H3. The molecule has 0 radical (unpaired) electrons. The quantitative estimate of drug-likeness (QED) is 0.700. The van der Waals surface area contributed by atoms with Crippen LogP contribution >= 0.6 is 0 Å². The highest BCUT2D eigenvalue weighted by Gasteiger charge is 2.11. The minimum absolute atomic E-state index is 0.811. The average molecular weight is 344 g/mol. The van der Waals surface area contributed by atoms with Crippen molar-refractivity contribution >= 4 is 17.1 Å². The van der Waals surface area contributed by atoms with Crippen molar-refractivity contribution in [3.05, 3.63) is 78.4 Å². The van der Waals surface area contributed by atoms with Gasteiger partial charge in [-0.1, -0.05) is 42.5 Å². The fourth-order valence-electron chi connectivity index (χ4n) is 3.30. The highest BCUT2D eigenvalue weighted by Crippen LogP contribution is 2.28. The molecule has 0 amide bonds. The minimum atomic E-state index is 0.811. The lowest BCUT2D eigenvalue weighted by molar-refractivity contribution is 0.122. The molecular weight excluding hydrogens is 320 g/mol. The van der Waals surface area contributed by atoms with Gasteiger partial charge in [0.05, 0.1) is 13.2 Å². The number of hydrogen-bond acceptors (Lipinski definition) is 3. The summed E-state index contributed by atoms with van der Waals surface area (Å²) in [6.07, 6.45) is 0. The third-order valence-corrected chi connectivity index (χ3v) is 4.87. The van der Waals surface area contributed by atoms with E-state index in [0.29, 0.717) is 0 Å². The van der Waals surface area contributed by atoms with Gasteiger partial charge in [-0.15, -0.1) is 0 Å². The van der Waals surface area contributed by atoms with Crippen LogP contribution in [0.5, 0.6) is 0 Å². The van der Waals surface area contributed by atoms with E-state index in [-0.39, 0.29) is 0 Å². The molecule has 1 saturated heterocycles. The molecule has 3 nitrogen and oxygen atoms in total. The van der Waals surface area contributed by atoms with Crippen molar-refractivity contribution in [1.82, 2.24) is 0 Å². The van der Waals surface area contributed by atoms with Gasteiger partial charge < -0.3 is 15.0 Å². The fourth-order valence-corrected chi connectivity index (χ4v) is 3.30. The third-order valence-electron chi connectivity index (χ3n) is 4.87. The van der Waals surface area contributed by atoms with Crippen LogP contribution in [0.15, 0.2) is 72.8 Å².